The van der Waals surface area contributed by atoms with Crippen LogP contribution in [0.25, 0.3) is 0 Å². The number of carbonyl (C=O) groups excluding carboxylic acids is 2. The molecule has 2 aromatic rings. The summed E-state index contributed by atoms with van der Waals surface area (Å²) in [7, 11) is 0. The highest BCUT2D eigenvalue weighted by Crippen LogP contribution is 2.24. The first-order valence-electron chi connectivity index (χ1n) is 8.03. The maximum absolute atomic E-state index is 13.8. The number of anilines is 1. The summed E-state index contributed by atoms with van der Waals surface area (Å²) in [5.74, 6) is -1.57. The van der Waals surface area contributed by atoms with Gasteiger partial charge in [0, 0.05) is 31.1 Å². The van der Waals surface area contributed by atoms with Crippen molar-refractivity contribution in [3.8, 4) is 0 Å². The van der Waals surface area contributed by atoms with Gasteiger partial charge in [0.15, 0.2) is 5.76 Å². The van der Waals surface area contributed by atoms with Crippen LogP contribution in [0.1, 0.15) is 23.4 Å². The molecule has 1 aliphatic heterocycles. The minimum atomic E-state index is -0.741. The highest BCUT2D eigenvalue weighted by atomic mass is 19.1. The summed E-state index contributed by atoms with van der Waals surface area (Å²) in [5.41, 5.74) is -0.529. The number of nitro groups is 1. The van der Waals surface area contributed by atoms with Crippen molar-refractivity contribution in [3.05, 3.63) is 58.3 Å². The van der Waals surface area contributed by atoms with Gasteiger partial charge in [0.1, 0.15) is 5.82 Å². The summed E-state index contributed by atoms with van der Waals surface area (Å²) in [6.07, 6.45) is 2.24. The Bertz CT molecular complexity index is 829. The highest BCUT2D eigenvalue weighted by Gasteiger charge is 2.29. The lowest BCUT2D eigenvalue weighted by Crippen LogP contribution is -2.41. The van der Waals surface area contributed by atoms with Crippen molar-refractivity contribution in [1.29, 1.82) is 0 Å². The molecule has 3 rings (SSSR count). The molecule has 1 saturated heterocycles. The number of hydrogen-bond acceptors (Lipinski definition) is 5. The number of hydrogen-bond donors (Lipinski definition) is 1. The molecule has 136 valence electrons. The van der Waals surface area contributed by atoms with Crippen molar-refractivity contribution in [2.45, 2.75) is 12.8 Å². The Hall–Kier alpha value is -3.23. The van der Waals surface area contributed by atoms with Gasteiger partial charge < -0.3 is 14.6 Å². The predicted octanol–water partition coefficient (Wildman–Crippen LogP) is 2.82. The zero-order chi connectivity index (χ0) is 18.7. The Balaban J connectivity index is 1.60. The van der Waals surface area contributed by atoms with E-state index in [1.807, 2.05) is 0 Å². The lowest BCUT2D eigenvalue weighted by Gasteiger charge is -2.30. The van der Waals surface area contributed by atoms with E-state index in [9.17, 15) is 24.1 Å². The summed E-state index contributed by atoms with van der Waals surface area (Å²) in [4.78, 5) is 36.2. The van der Waals surface area contributed by atoms with Gasteiger partial charge in [-0.3, -0.25) is 19.7 Å². The van der Waals surface area contributed by atoms with Gasteiger partial charge in [0.2, 0.25) is 5.91 Å². The highest BCUT2D eigenvalue weighted by molar-refractivity contribution is 5.94. The van der Waals surface area contributed by atoms with Crippen molar-refractivity contribution >= 4 is 23.2 Å². The first-order chi connectivity index (χ1) is 12.5. The number of halogens is 1. The Labute approximate surface area is 147 Å². The van der Waals surface area contributed by atoms with E-state index in [0.29, 0.717) is 25.9 Å². The van der Waals surface area contributed by atoms with E-state index in [1.54, 1.807) is 17.0 Å². The summed E-state index contributed by atoms with van der Waals surface area (Å²) < 4.78 is 18.9. The van der Waals surface area contributed by atoms with E-state index in [1.165, 1.54) is 6.26 Å². The molecule has 9 heteroatoms. The number of furan rings is 1. The molecule has 0 bridgehead atoms. The maximum atomic E-state index is 13.8. The number of nitro benzene ring substituents is 1. The van der Waals surface area contributed by atoms with Gasteiger partial charge in [-0.2, -0.15) is 0 Å². The lowest BCUT2D eigenvalue weighted by atomic mass is 9.95. The van der Waals surface area contributed by atoms with Crippen molar-refractivity contribution in [2.75, 3.05) is 18.4 Å². The number of amides is 2. The van der Waals surface area contributed by atoms with Gasteiger partial charge in [-0.05, 0) is 31.0 Å². The van der Waals surface area contributed by atoms with Crippen LogP contribution >= 0.6 is 0 Å². The summed E-state index contributed by atoms with van der Waals surface area (Å²) in [6, 6.07) is 6.16. The molecule has 26 heavy (non-hydrogen) atoms. The smallest absolute Gasteiger partial charge is 0.289 e. The van der Waals surface area contributed by atoms with Crippen LogP contribution in [0.15, 0.2) is 41.0 Å². The van der Waals surface area contributed by atoms with E-state index in [0.717, 1.165) is 18.2 Å². The fraction of sp³-hybridized carbons (Fsp3) is 0.294. The minimum absolute atomic E-state index is 0.224. The van der Waals surface area contributed by atoms with Crippen LogP contribution in [0.5, 0.6) is 0 Å². The van der Waals surface area contributed by atoms with Crippen LogP contribution in [-0.2, 0) is 4.79 Å². The quantitative estimate of drug-likeness (QED) is 0.666. The van der Waals surface area contributed by atoms with Crippen LogP contribution in [0.2, 0.25) is 0 Å². The van der Waals surface area contributed by atoms with E-state index >= 15 is 0 Å². The third-order valence-electron chi connectivity index (χ3n) is 4.30. The predicted molar refractivity (Wildman–Crippen MR) is 89.0 cm³/mol. The Morgan fingerprint density at radius 3 is 2.62 bits per heavy atom. The SMILES string of the molecule is O=C(Nc1cc([N+](=O)[O-])ccc1F)C1CCN(C(=O)c2ccco2)CC1. The number of benzene rings is 1. The van der Waals surface area contributed by atoms with Gasteiger partial charge in [0.05, 0.1) is 16.9 Å². The third kappa shape index (κ3) is 3.71. The van der Waals surface area contributed by atoms with E-state index in [2.05, 4.69) is 5.32 Å². The summed E-state index contributed by atoms with van der Waals surface area (Å²) >= 11 is 0. The van der Waals surface area contributed by atoms with Crippen LogP contribution in [0.3, 0.4) is 0 Å². The van der Waals surface area contributed by atoms with Gasteiger partial charge in [0.25, 0.3) is 11.6 Å². The number of carbonyl (C=O) groups is 2. The fourth-order valence-corrected chi connectivity index (χ4v) is 2.86. The van der Waals surface area contributed by atoms with Gasteiger partial charge in [-0.15, -0.1) is 0 Å². The number of rotatable bonds is 4. The van der Waals surface area contributed by atoms with Crippen LogP contribution < -0.4 is 5.32 Å². The van der Waals surface area contributed by atoms with Crippen LogP contribution in [0.4, 0.5) is 15.8 Å². The molecular formula is C17H16FN3O5. The number of non-ortho nitro benzene ring substituents is 1. The molecule has 1 aliphatic rings. The molecule has 8 nitrogen and oxygen atoms in total. The molecule has 2 amide bonds. The topological polar surface area (TPSA) is 106 Å². The second kappa shape index (κ2) is 7.34. The van der Waals surface area contributed by atoms with Crippen molar-refractivity contribution in [2.24, 2.45) is 5.92 Å². The maximum Gasteiger partial charge on any atom is 0.289 e. The van der Waals surface area contributed by atoms with E-state index in [-0.39, 0.29) is 23.0 Å². The molecule has 2 heterocycles. The van der Waals surface area contributed by atoms with Crippen molar-refractivity contribution in [1.82, 2.24) is 4.90 Å². The Morgan fingerprint density at radius 2 is 2.00 bits per heavy atom. The van der Waals surface area contributed by atoms with Gasteiger partial charge in [-0.25, -0.2) is 4.39 Å². The molecule has 0 saturated carbocycles. The van der Waals surface area contributed by atoms with E-state index in [4.69, 9.17) is 4.42 Å². The molecule has 0 spiro atoms. The number of piperidine rings is 1. The average Bonchev–Trinajstić information content (AvgIpc) is 3.17. The fourth-order valence-electron chi connectivity index (χ4n) is 2.86. The molecule has 1 aromatic carbocycles. The van der Waals surface area contributed by atoms with Crippen molar-refractivity contribution in [3.63, 3.8) is 0 Å². The summed E-state index contributed by atoms with van der Waals surface area (Å²) in [6.45, 7) is 0.740. The van der Waals surface area contributed by atoms with Crippen molar-refractivity contribution < 1.29 is 23.3 Å². The normalized spacial score (nSPS) is 14.9. The monoisotopic (exact) mass is 361 g/mol. The zero-order valence-electron chi connectivity index (χ0n) is 13.7. The first kappa shape index (κ1) is 17.6. The standard InChI is InChI=1S/C17H16FN3O5/c18-13-4-3-12(21(24)25)10-14(13)19-16(22)11-5-7-20(8-6-11)17(23)15-2-1-9-26-15/h1-4,9-11H,5-8H2,(H,19,22). The summed E-state index contributed by atoms with van der Waals surface area (Å²) in [5, 5.41) is 13.2. The molecule has 1 fully saturated rings. The Kier molecular flexibility index (Phi) is 4.97. The molecule has 0 atom stereocenters. The lowest BCUT2D eigenvalue weighted by molar-refractivity contribution is -0.384. The Morgan fingerprint density at radius 1 is 1.27 bits per heavy atom. The first-order valence-corrected chi connectivity index (χ1v) is 8.03. The van der Waals surface area contributed by atoms with E-state index < -0.39 is 22.6 Å². The second-order valence-electron chi connectivity index (χ2n) is 5.95. The van der Waals surface area contributed by atoms with Crippen LogP contribution in [-0.4, -0.2) is 34.7 Å². The number of likely N-dealkylation sites (tertiary alicyclic amines) is 1. The van der Waals surface area contributed by atoms with Crippen LogP contribution in [0, 0.1) is 21.8 Å². The molecule has 1 N–H and O–H groups in total. The zero-order valence-corrected chi connectivity index (χ0v) is 13.7. The van der Waals surface area contributed by atoms with Gasteiger partial charge in [-0.1, -0.05) is 0 Å². The largest absolute Gasteiger partial charge is 0.459 e. The third-order valence-corrected chi connectivity index (χ3v) is 4.30. The molecule has 0 unspecified atom stereocenters. The number of nitrogens with one attached hydrogen (secondary N) is 1. The molecule has 1 aromatic heterocycles. The molecular weight excluding hydrogens is 345 g/mol. The van der Waals surface area contributed by atoms with Gasteiger partial charge >= 0.3 is 0 Å². The average molecular weight is 361 g/mol. The molecule has 0 aliphatic carbocycles. The number of nitrogens with zero attached hydrogens (tertiary/aromatic N) is 2. The minimum Gasteiger partial charge on any atom is -0.459 e. The molecule has 0 radical (unpaired) electrons. The second-order valence-corrected chi connectivity index (χ2v) is 5.95.